The van der Waals surface area contributed by atoms with Gasteiger partial charge in [-0.25, -0.2) is 0 Å². The molecular formula is C6H9BrO2. The number of carbonyl (C=O) groups excluding carboxylic acids is 1. The van der Waals surface area contributed by atoms with Gasteiger partial charge in [0.05, 0.1) is 6.10 Å². The Morgan fingerprint density at radius 1 is 1.78 bits per heavy atom. The second-order valence-corrected chi connectivity index (χ2v) is 3.06. The van der Waals surface area contributed by atoms with Crippen LogP contribution in [0, 0.1) is 5.92 Å². The first-order valence-electron chi connectivity index (χ1n) is 3.00. The van der Waals surface area contributed by atoms with Gasteiger partial charge in [-0.2, -0.15) is 0 Å². The molecule has 52 valence electrons. The monoisotopic (exact) mass is 192 g/mol. The van der Waals surface area contributed by atoms with Crippen molar-refractivity contribution in [1.82, 2.24) is 0 Å². The zero-order valence-electron chi connectivity index (χ0n) is 5.01. The number of ketones is 1. The third-order valence-corrected chi connectivity index (χ3v) is 2.42. The Kier molecular flexibility index (Phi) is 2.24. The molecular weight excluding hydrogens is 184 g/mol. The first kappa shape index (κ1) is 7.22. The summed E-state index contributed by atoms with van der Waals surface area (Å²) in [6.45, 7) is 0. The number of Topliss-reactive ketones (excluding diaryl/α,β-unsaturated/α-hetero) is 1. The van der Waals surface area contributed by atoms with Crippen LogP contribution >= 0.6 is 15.9 Å². The number of hydrogen-bond donors (Lipinski definition) is 1. The minimum absolute atomic E-state index is 0.0694. The van der Waals surface area contributed by atoms with Gasteiger partial charge in [-0.3, -0.25) is 4.79 Å². The molecule has 1 aliphatic rings. The Balaban J connectivity index is 2.48. The molecule has 0 aromatic carbocycles. The smallest absolute Gasteiger partial charge is 0.139 e. The molecule has 1 saturated carbocycles. The SMILES string of the molecule is O=C1CC(O)CC1CBr. The van der Waals surface area contributed by atoms with Crippen LogP contribution in [0.5, 0.6) is 0 Å². The highest BCUT2D eigenvalue weighted by Gasteiger charge is 2.29. The predicted molar refractivity (Wildman–Crippen MR) is 37.5 cm³/mol. The number of aliphatic hydroxyl groups excluding tert-OH is 1. The quantitative estimate of drug-likeness (QED) is 0.623. The first-order chi connectivity index (χ1) is 4.24. The molecule has 2 atom stereocenters. The molecule has 1 N–H and O–H groups in total. The largest absolute Gasteiger partial charge is 0.393 e. The molecule has 0 radical (unpaired) electrons. The number of halogens is 1. The van der Waals surface area contributed by atoms with Crippen molar-refractivity contribution in [2.75, 3.05) is 5.33 Å². The van der Waals surface area contributed by atoms with Crippen molar-refractivity contribution >= 4 is 21.7 Å². The van der Waals surface area contributed by atoms with E-state index >= 15 is 0 Å². The van der Waals surface area contributed by atoms with Crippen LogP contribution < -0.4 is 0 Å². The summed E-state index contributed by atoms with van der Waals surface area (Å²) >= 11 is 3.21. The van der Waals surface area contributed by atoms with Gasteiger partial charge in [0, 0.05) is 17.7 Å². The Labute approximate surface area is 62.4 Å². The third kappa shape index (κ3) is 1.52. The molecule has 0 aromatic heterocycles. The maximum Gasteiger partial charge on any atom is 0.139 e. The van der Waals surface area contributed by atoms with E-state index < -0.39 is 0 Å². The molecule has 1 aliphatic carbocycles. The zero-order chi connectivity index (χ0) is 6.85. The number of hydrogen-bond acceptors (Lipinski definition) is 2. The molecule has 0 heterocycles. The Hall–Kier alpha value is 0.110. The molecule has 9 heavy (non-hydrogen) atoms. The van der Waals surface area contributed by atoms with E-state index in [0.29, 0.717) is 18.2 Å². The van der Waals surface area contributed by atoms with E-state index in [1.54, 1.807) is 0 Å². The van der Waals surface area contributed by atoms with Gasteiger partial charge in [-0.15, -0.1) is 0 Å². The Morgan fingerprint density at radius 3 is 2.67 bits per heavy atom. The summed E-state index contributed by atoms with van der Waals surface area (Å²) in [5.41, 5.74) is 0. The van der Waals surface area contributed by atoms with Gasteiger partial charge in [0.15, 0.2) is 0 Å². The predicted octanol–water partition coefficient (Wildman–Crippen LogP) is 0.721. The summed E-state index contributed by atoms with van der Waals surface area (Å²) in [5.74, 6) is 0.263. The lowest BCUT2D eigenvalue weighted by Crippen LogP contribution is -2.06. The highest BCUT2D eigenvalue weighted by molar-refractivity contribution is 9.09. The summed E-state index contributed by atoms with van der Waals surface area (Å²) in [5, 5.41) is 9.66. The van der Waals surface area contributed by atoms with E-state index in [9.17, 15) is 4.79 Å². The van der Waals surface area contributed by atoms with E-state index in [1.807, 2.05) is 0 Å². The number of carbonyl (C=O) groups is 1. The van der Waals surface area contributed by atoms with E-state index in [2.05, 4.69) is 15.9 Å². The van der Waals surface area contributed by atoms with Crippen LogP contribution in [0.15, 0.2) is 0 Å². The van der Waals surface area contributed by atoms with Gasteiger partial charge in [-0.1, -0.05) is 15.9 Å². The van der Waals surface area contributed by atoms with Crippen LogP contribution in [0.1, 0.15) is 12.8 Å². The molecule has 3 heteroatoms. The topological polar surface area (TPSA) is 37.3 Å². The Morgan fingerprint density at radius 2 is 2.44 bits per heavy atom. The molecule has 1 fully saturated rings. The summed E-state index contributed by atoms with van der Waals surface area (Å²) in [6, 6.07) is 0. The van der Waals surface area contributed by atoms with Crippen molar-refractivity contribution in [3.05, 3.63) is 0 Å². The fraction of sp³-hybridized carbons (Fsp3) is 0.833. The number of alkyl halides is 1. The lowest BCUT2D eigenvalue weighted by atomic mass is 10.1. The number of rotatable bonds is 1. The van der Waals surface area contributed by atoms with Gasteiger partial charge in [-0.05, 0) is 6.42 Å². The first-order valence-corrected chi connectivity index (χ1v) is 4.13. The molecule has 2 unspecified atom stereocenters. The Bertz CT molecular complexity index is 124. The normalized spacial score (nSPS) is 35.6. The fourth-order valence-corrected chi connectivity index (χ4v) is 1.72. The van der Waals surface area contributed by atoms with Gasteiger partial charge >= 0.3 is 0 Å². The summed E-state index contributed by atoms with van der Waals surface area (Å²) in [7, 11) is 0. The fourth-order valence-electron chi connectivity index (χ4n) is 1.09. The molecule has 0 aromatic rings. The van der Waals surface area contributed by atoms with E-state index in [-0.39, 0.29) is 17.8 Å². The zero-order valence-corrected chi connectivity index (χ0v) is 6.60. The maximum absolute atomic E-state index is 10.8. The minimum atomic E-state index is -0.375. The van der Waals surface area contributed by atoms with Crippen LogP contribution in [-0.4, -0.2) is 22.3 Å². The van der Waals surface area contributed by atoms with Crippen molar-refractivity contribution in [1.29, 1.82) is 0 Å². The average molecular weight is 193 g/mol. The summed E-state index contributed by atoms with van der Waals surface area (Å²) < 4.78 is 0. The number of aliphatic hydroxyl groups is 1. The van der Waals surface area contributed by atoms with Crippen LogP contribution in [0.2, 0.25) is 0 Å². The van der Waals surface area contributed by atoms with Crippen LogP contribution in [0.4, 0.5) is 0 Å². The molecule has 0 bridgehead atoms. The van der Waals surface area contributed by atoms with Gasteiger partial charge < -0.3 is 5.11 Å². The maximum atomic E-state index is 10.8. The van der Waals surface area contributed by atoms with Crippen molar-refractivity contribution in [3.63, 3.8) is 0 Å². The lowest BCUT2D eigenvalue weighted by Gasteiger charge is -1.99. The van der Waals surface area contributed by atoms with Crippen molar-refractivity contribution < 1.29 is 9.90 Å². The van der Waals surface area contributed by atoms with Crippen LogP contribution in [0.3, 0.4) is 0 Å². The second-order valence-electron chi connectivity index (χ2n) is 2.41. The highest BCUT2D eigenvalue weighted by atomic mass is 79.9. The van der Waals surface area contributed by atoms with Crippen LogP contribution in [-0.2, 0) is 4.79 Å². The highest BCUT2D eigenvalue weighted by Crippen LogP contribution is 2.23. The molecule has 0 spiro atoms. The molecule has 0 saturated heterocycles. The van der Waals surface area contributed by atoms with Gasteiger partial charge in [0.1, 0.15) is 5.78 Å². The van der Waals surface area contributed by atoms with Crippen LogP contribution in [0.25, 0.3) is 0 Å². The summed E-state index contributed by atoms with van der Waals surface area (Å²) in [6.07, 6.45) is 0.625. The second kappa shape index (κ2) is 2.80. The summed E-state index contributed by atoms with van der Waals surface area (Å²) in [4.78, 5) is 10.8. The van der Waals surface area contributed by atoms with Crippen molar-refractivity contribution in [2.24, 2.45) is 5.92 Å². The van der Waals surface area contributed by atoms with Gasteiger partial charge in [0.2, 0.25) is 0 Å². The lowest BCUT2D eigenvalue weighted by molar-refractivity contribution is -0.120. The molecule has 0 amide bonds. The van der Waals surface area contributed by atoms with E-state index in [4.69, 9.17) is 5.11 Å². The molecule has 1 rings (SSSR count). The minimum Gasteiger partial charge on any atom is -0.393 e. The van der Waals surface area contributed by atoms with Crippen molar-refractivity contribution in [3.8, 4) is 0 Å². The molecule has 0 aliphatic heterocycles. The standard InChI is InChI=1S/C6H9BrO2/c7-3-4-1-5(8)2-6(4)9/h4-5,8H,1-3H2. The van der Waals surface area contributed by atoms with E-state index in [0.717, 1.165) is 0 Å². The average Bonchev–Trinajstić information content (AvgIpc) is 2.10. The molecule has 2 nitrogen and oxygen atoms in total. The van der Waals surface area contributed by atoms with Crippen molar-refractivity contribution in [2.45, 2.75) is 18.9 Å². The third-order valence-electron chi connectivity index (χ3n) is 1.64. The van der Waals surface area contributed by atoms with E-state index in [1.165, 1.54) is 0 Å². The van der Waals surface area contributed by atoms with Gasteiger partial charge in [0.25, 0.3) is 0 Å².